The normalized spacial score (nSPS) is 37.9. The molecule has 4 rings (SSSR count). The zero-order valence-electron chi connectivity index (χ0n) is 48.0. The Balaban J connectivity index is 0.0000144. The van der Waals surface area contributed by atoms with E-state index >= 15 is 0 Å². The summed E-state index contributed by atoms with van der Waals surface area (Å²) in [6, 6.07) is 3.23. The number of esters is 1. The average Bonchev–Trinajstić information content (AvgIpc) is 3.33. The van der Waals surface area contributed by atoms with Crippen LogP contribution >= 0.6 is 21.6 Å². The summed E-state index contributed by atoms with van der Waals surface area (Å²) in [5.41, 5.74) is -0.550. The maximum atomic E-state index is 14.6. The minimum Gasteiger partial charge on any atom is -0.459 e. The Bertz CT molecular complexity index is 1880. The van der Waals surface area contributed by atoms with Crippen molar-refractivity contribution in [2.75, 3.05) is 27.7 Å². The van der Waals surface area contributed by atoms with Crippen molar-refractivity contribution >= 4 is 38.8 Å². The van der Waals surface area contributed by atoms with E-state index in [1.54, 1.807) is 53.4 Å². The largest absolute Gasteiger partial charge is 0.459 e. The minimum absolute atomic E-state index is 0. The Kier molecular flexibility index (Phi) is 26.7. The van der Waals surface area contributed by atoms with Crippen LogP contribution in [0.15, 0.2) is 12.1 Å². The van der Waals surface area contributed by atoms with Crippen molar-refractivity contribution in [3.8, 4) is 0 Å². The molecule has 5 N–H and O–H groups in total. The molecule has 19 atom stereocenters. The van der Waals surface area contributed by atoms with Gasteiger partial charge in [0.2, 0.25) is 5.91 Å². The van der Waals surface area contributed by atoms with E-state index in [1.807, 2.05) is 32.8 Å². The van der Waals surface area contributed by atoms with E-state index in [4.69, 9.17) is 28.4 Å². The summed E-state index contributed by atoms with van der Waals surface area (Å²) in [6.07, 6.45) is 1.60. The Morgan fingerprint density at radius 3 is 2.03 bits per heavy atom. The summed E-state index contributed by atoms with van der Waals surface area (Å²) < 4.78 is 38.1. The third kappa shape index (κ3) is 17.2. The van der Waals surface area contributed by atoms with Gasteiger partial charge in [0.05, 0.1) is 47.6 Å². The molecule has 3 heterocycles. The molecule has 430 valence electrons. The lowest BCUT2D eigenvalue weighted by Gasteiger charge is -2.48. The molecular weight excluding hydrogens is 987 g/mol. The number of hydrogen-bond acceptors (Lipinski definition) is 14. The van der Waals surface area contributed by atoms with E-state index in [1.165, 1.54) is 61.7 Å². The van der Waals surface area contributed by atoms with Crippen LogP contribution < -0.4 is 5.30 Å². The number of ether oxygens (including phenoxy) is 6. The van der Waals surface area contributed by atoms with Gasteiger partial charge in [-0.25, -0.2) is 0 Å². The number of hydrogen-bond donors (Lipinski definition) is 5. The van der Waals surface area contributed by atoms with Crippen molar-refractivity contribution in [1.82, 2.24) is 9.80 Å². The molecule has 3 aliphatic rings. The number of aliphatic hydroxyl groups excluding tert-OH is 3. The molecule has 1 aromatic carbocycles. The lowest BCUT2D eigenvalue weighted by Crippen LogP contribution is -2.60. The van der Waals surface area contributed by atoms with Crippen molar-refractivity contribution in [2.45, 2.75) is 270 Å². The molecule has 0 spiro atoms. The molecule has 3 aliphatic heterocycles. The van der Waals surface area contributed by atoms with Crippen molar-refractivity contribution in [1.29, 1.82) is 0 Å². The molecule has 1 amide bonds. The number of amides is 1. The highest BCUT2D eigenvalue weighted by atomic mass is 35.5. The highest BCUT2D eigenvalue weighted by Gasteiger charge is 2.53. The fourth-order valence-electron chi connectivity index (χ4n) is 12.0. The second kappa shape index (κ2) is 29.6. The van der Waals surface area contributed by atoms with Crippen molar-refractivity contribution in [3.05, 3.63) is 28.8 Å². The highest BCUT2D eigenvalue weighted by molar-refractivity contribution is 7.27. The number of benzene rings is 1. The van der Waals surface area contributed by atoms with Crippen LogP contribution in [0.1, 0.15) is 176 Å². The van der Waals surface area contributed by atoms with E-state index in [9.17, 15) is 35.1 Å². The number of halogens is 1. The second-order valence-corrected chi connectivity index (χ2v) is 24.1. The number of rotatable bonds is 19. The van der Waals surface area contributed by atoms with E-state index in [0.29, 0.717) is 12.8 Å². The number of carbonyl (C=O) groups excluding carboxylic acids is 2. The molecule has 17 heteroatoms. The Morgan fingerprint density at radius 2 is 1.45 bits per heavy atom. The summed E-state index contributed by atoms with van der Waals surface area (Å²) in [4.78, 5) is 32.6. The summed E-state index contributed by atoms with van der Waals surface area (Å²) in [5.74, 6) is -3.22. The quantitative estimate of drug-likeness (QED) is 0.0520. The molecule has 0 aromatic heterocycles. The van der Waals surface area contributed by atoms with Gasteiger partial charge in [-0.05, 0) is 143 Å². The predicted molar refractivity (Wildman–Crippen MR) is 296 cm³/mol. The number of unbranched alkanes of at least 4 members (excludes halogenated alkanes) is 8. The molecule has 1 unspecified atom stereocenters. The summed E-state index contributed by atoms with van der Waals surface area (Å²) in [5, 5.41) is 61.4. The molecule has 0 bridgehead atoms. The van der Waals surface area contributed by atoms with Crippen LogP contribution in [0.25, 0.3) is 0 Å². The lowest BCUT2D eigenvalue weighted by molar-refractivity contribution is -0.318. The maximum absolute atomic E-state index is 14.6. The number of aliphatic hydroxyl groups is 5. The summed E-state index contributed by atoms with van der Waals surface area (Å²) in [6.45, 7) is 21.8. The van der Waals surface area contributed by atoms with Crippen LogP contribution in [0.2, 0.25) is 0 Å². The third-order valence-corrected chi connectivity index (χ3v) is 17.6. The van der Waals surface area contributed by atoms with Gasteiger partial charge >= 0.3 is 5.97 Å². The maximum Gasteiger partial charge on any atom is 0.311 e. The number of methoxy groups -OCH3 is 1. The first-order valence-corrected chi connectivity index (χ1v) is 28.4. The van der Waals surface area contributed by atoms with Crippen LogP contribution in [0.5, 0.6) is 0 Å². The summed E-state index contributed by atoms with van der Waals surface area (Å²) in [7, 11) is 8.09. The molecule has 0 saturated carbocycles. The molecule has 3 saturated heterocycles. The fraction of sp³-hybridized carbons (Fsp3) is 0.860. The Morgan fingerprint density at radius 1 is 0.851 bits per heavy atom. The van der Waals surface area contributed by atoms with Crippen molar-refractivity contribution in [2.24, 2.45) is 17.8 Å². The van der Waals surface area contributed by atoms with Gasteiger partial charge in [-0.3, -0.25) is 9.59 Å². The zero-order valence-corrected chi connectivity index (χ0v) is 50.0. The van der Waals surface area contributed by atoms with Gasteiger partial charge in [0, 0.05) is 38.5 Å². The van der Waals surface area contributed by atoms with Crippen LogP contribution in [-0.4, -0.2) is 165 Å². The monoisotopic (exact) mass is 1090 g/mol. The smallest absolute Gasteiger partial charge is 0.311 e. The van der Waals surface area contributed by atoms with Crippen molar-refractivity contribution < 1.29 is 63.5 Å². The number of carbonyl (C=O) groups is 2. The van der Waals surface area contributed by atoms with Gasteiger partial charge in [0.1, 0.15) is 30.0 Å². The van der Waals surface area contributed by atoms with Gasteiger partial charge in [-0.1, -0.05) is 77.8 Å². The van der Waals surface area contributed by atoms with Crippen molar-refractivity contribution in [3.63, 3.8) is 0 Å². The molecule has 3 fully saturated rings. The van der Waals surface area contributed by atoms with Crippen LogP contribution in [0, 0.1) is 31.6 Å². The number of aryl methyl sites for hydroxylation is 1. The standard InChI is InChI=1S/C57H101N2O13P.ClH/c1-16-45-57(12,66)50(62)40(8)59(46(60)27-25-23-21-19-17-18-20-22-24-26-42-28-29-44(73)37(5)36(42)4)33-34(2)31-55(10,65)52(72-54-48(61)43(58(13)14)30-35(3)68-54)38(6)49(39(7)53(64)70-45)71-47-32-56(11,67-15)51(63)41(9)69-47;/h28-29,34-35,38-41,43,45,47-52,54,61-63,65-66H,16-27,30-33,73H2,1-15H3;1H/t34-,35-,38+,39-,40-,41+,43+,45-,47+,48-,49+,50-,51+,52-,54+,55-,56-,57-;/m1./s1. The third-order valence-electron chi connectivity index (χ3n) is 17.0. The first-order chi connectivity index (χ1) is 34.1. The molecule has 0 radical (unpaired) electrons. The first kappa shape index (κ1) is 66.7. The number of likely N-dealkylation sites (N-methyl/N-ethyl adjacent to an activating group) is 1. The molecular formula is C57H102ClN2O13P. The first-order valence-electron chi connectivity index (χ1n) is 27.8. The Hall–Kier alpha value is -1.56. The molecule has 0 aliphatic carbocycles. The van der Waals surface area contributed by atoms with Crippen LogP contribution in [-0.2, 0) is 44.4 Å². The van der Waals surface area contributed by atoms with E-state index < -0.39 is 96.0 Å². The second-order valence-electron chi connectivity index (χ2n) is 23.5. The number of nitrogens with zero attached hydrogens (tertiary/aromatic N) is 2. The van der Waals surface area contributed by atoms with E-state index in [0.717, 1.165) is 32.1 Å². The van der Waals surface area contributed by atoms with Crippen LogP contribution in [0.4, 0.5) is 0 Å². The topological polar surface area (TPSA) is 197 Å². The Labute approximate surface area is 454 Å². The SMILES string of the molecule is CC[C@H]1OC(=O)[C@H](C)[C@@H](O[C@H]2C[C@@](C)(OC)[C@@H](O)[C@H](C)O2)[C@H](C)[C@@H](O[C@@H]2O[C@H](C)C[C@H](N(C)C)[C@H]2O)[C@](C)(O)C[C@@H](C)CN(C(=O)CCCCCCCCCCCc2ccc(P)c(C)c2C)[C@H](C)[C@@H](O)[C@]1(C)O.Cl. The molecule has 15 nitrogen and oxygen atoms in total. The van der Waals surface area contributed by atoms with Crippen LogP contribution in [0.3, 0.4) is 0 Å². The van der Waals surface area contributed by atoms with Gasteiger partial charge in [-0.15, -0.1) is 21.6 Å². The highest BCUT2D eigenvalue weighted by Crippen LogP contribution is 2.40. The van der Waals surface area contributed by atoms with E-state index in [-0.39, 0.29) is 68.6 Å². The van der Waals surface area contributed by atoms with E-state index in [2.05, 4.69) is 35.2 Å². The predicted octanol–water partition coefficient (Wildman–Crippen LogP) is 7.48. The lowest BCUT2D eigenvalue weighted by atomic mass is 9.77. The summed E-state index contributed by atoms with van der Waals surface area (Å²) >= 11 is 0. The van der Waals surface area contributed by atoms with Gasteiger partial charge in [-0.2, -0.15) is 0 Å². The molecule has 74 heavy (non-hydrogen) atoms. The van der Waals surface area contributed by atoms with Gasteiger partial charge in [0.15, 0.2) is 12.6 Å². The van der Waals surface area contributed by atoms with Gasteiger partial charge < -0.3 is 63.8 Å². The average molecular weight is 1090 g/mol. The number of cyclic esters (lactones) is 1. The molecule has 1 aromatic rings. The minimum atomic E-state index is -1.99. The zero-order chi connectivity index (χ0) is 54.7. The fourth-order valence-corrected chi connectivity index (χ4v) is 12.3. The van der Waals surface area contributed by atoms with Gasteiger partial charge in [0.25, 0.3) is 0 Å².